The Balaban J connectivity index is 1.65. The second-order valence-corrected chi connectivity index (χ2v) is 6.96. The second kappa shape index (κ2) is 8.28. The van der Waals surface area contributed by atoms with Crippen LogP contribution in [0.15, 0.2) is 48.7 Å². The van der Waals surface area contributed by atoms with E-state index in [1.54, 1.807) is 35.9 Å². The van der Waals surface area contributed by atoms with Crippen molar-refractivity contribution in [3.63, 3.8) is 0 Å². The molecule has 2 N–H and O–H groups in total. The molecule has 2 heterocycles. The van der Waals surface area contributed by atoms with Crippen molar-refractivity contribution in [1.82, 2.24) is 20.3 Å². The van der Waals surface area contributed by atoms with E-state index in [2.05, 4.69) is 23.7 Å². The summed E-state index contributed by atoms with van der Waals surface area (Å²) < 4.78 is 0. The van der Waals surface area contributed by atoms with E-state index in [1.807, 2.05) is 23.1 Å². The molecule has 0 spiro atoms. The van der Waals surface area contributed by atoms with E-state index in [4.69, 9.17) is 5.21 Å². The van der Waals surface area contributed by atoms with Gasteiger partial charge in [0.15, 0.2) is 0 Å². The molecule has 1 saturated heterocycles. The molecule has 2 atom stereocenters. The number of nitrogens with zero attached hydrogens (tertiary/aromatic N) is 3. The molecule has 0 unspecified atom stereocenters. The van der Waals surface area contributed by atoms with Crippen molar-refractivity contribution in [1.29, 1.82) is 0 Å². The van der Waals surface area contributed by atoms with Crippen LogP contribution in [0.1, 0.15) is 40.3 Å². The summed E-state index contributed by atoms with van der Waals surface area (Å²) in [6.45, 7) is 6.38. The molecule has 142 valence electrons. The lowest BCUT2D eigenvalue weighted by molar-refractivity contribution is 0.0263. The summed E-state index contributed by atoms with van der Waals surface area (Å²) in [5.41, 5.74) is 3.59. The Kier molecular flexibility index (Phi) is 5.83. The van der Waals surface area contributed by atoms with Gasteiger partial charge in [-0.2, -0.15) is 0 Å². The van der Waals surface area contributed by atoms with Crippen LogP contribution >= 0.6 is 0 Å². The molecule has 0 saturated carbocycles. The summed E-state index contributed by atoms with van der Waals surface area (Å²) in [7, 11) is 0. The number of amides is 2. The third kappa shape index (κ3) is 4.32. The highest BCUT2D eigenvalue weighted by Crippen LogP contribution is 2.20. The van der Waals surface area contributed by atoms with Gasteiger partial charge >= 0.3 is 0 Å². The van der Waals surface area contributed by atoms with Gasteiger partial charge in [0.05, 0.1) is 0 Å². The zero-order valence-corrected chi connectivity index (χ0v) is 15.5. The molecule has 1 aliphatic rings. The lowest BCUT2D eigenvalue weighted by Crippen LogP contribution is -2.58. The normalized spacial score (nSPS) is 20.3. The zero-order chi connectivity index (χ0) is 19.4. The first kappa shape index (κ1) is 19.0. The number of benzene rings is 1. The Morgan fingerprint density at radius 2 is 1.78 bits per heavy atom. The number of piperazine rings is 1. The SMILES string of the molecule is C[C@@H]1CN(Cc2ccc(C(=O)NO)cc2)C[C@H](C)N1C(=O)c1ccccn1. The van der Waals surface area contributed by atoms with Crippen molar-refractivity contribution in [3.05, 3.63) is 65.5 Å². The number of rotatable bonds is 4. The molecule has 1 aliphatic heterocycles. The minimum Gasteiger partial charge on any atom is -0.329 e. The van der Waals surface area contributed by atoms with Gasteiger partial charge in [0.1, 0.15) is 5.69 Å². The van der Waals surface area contributed by atoms with Crippen molar-refractivity contribution < 1.29 is 14.8 Å². The van der Waals surface area contributed by atoms with Crippen molar-refractivity contribution in [2.75, 3.05) is 13.1 Å². The quantitative estimate of drug-likeness (QED) is 0.636. The maximum absolute atomic E-state index is 12.8. The summed E-state index contributed by atoms with van der Waals surface area (Å²) in [6, 6.07) is 12.7. The van der Waals surface area contributed by atoms with Gasteiger partial charge in [-0.05, 0) is 43.7 Å². The van der Waals surface area contributed by atoms with Crippen molar-refractivity contribution in [3.8, 4) is 0 Å². The average Bonchev–Trinajstić information content (AvgIpc) is 2.68. The lowest BCUT2D eigenvalue weighted by Gasteiger charge is -2.44. The fourth-order valence-electron chi connectivity index (χ4n) is 3.67. The maximum Gasteiger partial charge on any atom is 0.274 e. The molecule has 0 bridgehead atoms. The topological polar surface area (TPSA) is 85.8 Å². The molecular formula is C20H24N4O3. The minimum atomic E-state index is -0.523. The highest BCUT2D eigenvalue weighted by molar-refractivity contribution is 5.93. The number of hydroxylamine groups is 1. The summed E-state index contributed by atoms with van der Waals surface area (Å²) in [4.78, 5) is 32.6. The van der Waals surface area contributed by atoms with Crippen molar-refractivity contribution >= 4 is 11.8 Å². The van der Waals surface area contributed by atoms with Crippen LogP contribution in [-0.4, -0.2) is 57.0 Å². The number of carbonyl (C=O) groups is 2. The largest absolute Gasteiger partial charge is 0.329 e. The van der Waals surface area contributed by atoms with Crippen LogP contribution in [0.3, 0.4) is 0 Å². The predicted molar refractivity (Wildman–Crippen MR) is 100 cm³/mol. The van der Waals surface area contributed by atoms with Crippen LogP contribution in [0.4, 0.5) is 0 Å². The molecule has 27 heavy (non-hydrogen) atoms. The van der Waals surface area contributed by atoms with E-state index >= 15 is 0 Å². The van der Waals surface area contributed by atoms with Gasteiger partial charge in [0.2, 0.25) is 0 Å². The number of nitrogens with one attached hydrogen (secondary N) is 1. The standard InChI is InChI=1S/C20H24N4O3/c1-14-11-23(13-16-6-8-17(9-7-16)19(25)22-27)12-15(2)24(14)20(26)18-5-3-4-10-21-18/h3-10,14-15,27H,11-13H2,1-2H3,(H,22,25)/t14-,15+. The third-order valence-corrected chi connectivity index (χ3v) is 4.84. The van der Waals surface area contributed by atoms with Crippen LogP contribution in [0.2, 0.25) is 0 Å². The second-order valence-electron chi connectivity index (χ2n) is 6.96. The molecule has 1 aromatic heterocycles. The van der Waals surface area contributed by atoms with Crippen LogP contribution in [0.25, 0.3) is 0 Å². The Bertz CT molecular complexity index is 783. The predicted octanol–water partition coefficient (Wildman–Crippen LogP) is 1.94. The highest BCUT2D eigenvalue weighted by Gasteiger charge is 2.33. The van der Waals surface area contributed by atoms with Crippen LogP contribution < -0.4 is 5.48 Å². The minimum absolute atomic E-state index is 0.0328. The first-order valence-corrected chi connectivity index (χ1v) is 8.99. The molecule has 1 aromatic carbocycles. The van der Waals surface area contributed by atoms with Crippen LogP contribution in [-0.2, 0) is 6.54 Å². The summed E-state index contributed by atoms with van der Waals surface area (Å²) in [5, 5.41) is 8.68. The van der Waals surface area contributed by atoms with Gasteiger partial charge in [-0.25, -0.2) is 5.48 Å². The van der Waals surface area contributed by atoms with Crippen LogP contribution in [0.5, 0.6) is 0 Å². The molecular weight excluding hydrogens is 344 g/mol. The Hall–Kier alpha value is -2.77. The number of hydrogen-bond donors (Lipinski definition) is 2. The first-order valence-electron chi connectivity index (χ1n) is 8.99. The van der Waals surface area contributed by atoms with Crippen molar-refractivity contribution in [2.24, 2.45) is 0 Å². The van der Waals surface area contributed by atoms with E-state index in [0.29, 0.717) is 11.3 Å². The fourth-order valence-corrected chi connectivity index (χ4v) is 3.67. The Labute approximate surface area is 158 Å². The molecule has 0 radical (unpaired) electrons. The van der Waals surface area contributed by atoms with Gasteiger partial charge < -0.3 is 4.90 Å². The number of hydrogen-bond acceptors (Lipinski definition) is 5. The monoisotopic (exact) mass is 368 g/mol. The zero-order valence-electron chi connectivity index (χ0n) is 15.5. The molecule has 1 fully saturated rings. The Morgan fingerprint density at radius 3 is 2.33 bits per heavy atom. The van der Waals surface area contributed by atoms with Gasteiger partial charge in [0, 0.05) is 43.5 Å². The van der Waals surface area contributed by atoms with Gasteiger partial charge in [0.25, 0.3) is 11.8 Å². The molecule has 3 rings (SSSR count). The molecule has 2 aromatic rings. The maximum atomic E-state index is 12.8. The fraction of sp³-hybridized carbons (Fsp3) is 0.350. The Morgan fingerprint density at radius 1 is 1.11 bits per heavy atom. The van der Waals surface area contributed by atoms with Crippen molar-refractivity contribution in [2.45, 2.75) is 32.5 Å². The number of pyridine rings is 1. The number of aromatic nitrogens is 1. The molecule has 7 heteroatoms. The van der Waals surface area contributed by atoms with E-state index < -0.39 is 5.91 Å². The first-order chi connectivity index (χ1) is 13.0. The summed E-state index contributed by atoms with van der Waals surface area (Å²) in [6.07, 6.45) is 1.64. The van der Waals surface area contributed by atoms with E-state index in [0.717, 1.165) is 25.2 Å². The molecule has 2 amide bonds. The highest BCUT2D eigenvalue weighted by atomic mass is 16.5. The van der Waals surface area contributed by atoms with E-state index in [9.17, 15) is 9.59 Å². The summed E-state index contributed by atoms with van der Waals surface area (Å²) in [5.74, 6) is -0.555. The molecule has 7 nitrogen and oxygen atoms in total. The average molecular weight is 368 g/mol. The number of carbonyl (C=O) groups excluding carboxylic acids is 2. The summed E-state index contributed by atoms with van der Waals surface area (Å²) >= 11 is 0. The van der Waals surface area contributed by atoms with Gasteiger partial charge in [-0.15, -0.1) is 0 Å². The smallest absolute Gasteiger partial charge is 0.274 e. The molecule has 0 aliphatic carbocycles. The third-order valence-electron chi connectivity index (χ3n) is 4.84. The van der Waals surface area contributed by atoms with E-state index in [1.165, 1.54) is 0 Å². The lowest BCUT2D eigenvalue weighted by atomic mass is 10.1. The van der Waals surface area contributed by atoms with E-state index in [-0.39, 0.29) is 18.0 Å². The van der Waals surface area contributed by atoms with Gasteiger partial charge in [-0.3, -0.25) is 24.7 Å². The van der Waals surface area contributed by atoms with Gasteiger partial charge in [-0.1, -0.05) is 18.2 Å². The van der Waals surface area contributed by atoms with Crippen LogP contribution in [0, 0.1) is 0 Å².